The third-order valence-corrected chi connectivity index (χ3v) is 6.41. The summed E-state index contributed by atoms with van der Waals surface area (Å²) in [5, 5.41) is 2.57. The van der Waals surface area contributed by atoms with E-state index in [2.05, 4.69) is 133 Å². The van der Waals surface area contributed by atoms with Crippen molar-refractivity contribution in [3.8, 4) is 27.9 Å². The van der Waals surface area contributed by atoms with Crippen LogP contribution in [0.5, 0.6) is 0 Å². The van der Waals surface area contributed by atoms with E-state index in [1.54, 1.807) is 0 Å². The van der Waals surface area contributed by atoms with Gasteiger partial charge in [0, 0.05) is 22.0 Å². The number of hydrogen-bond donors (Lipinski definition) is 0. The predicted octanol–water partition coefficient (Wildman–Crippen LogP) is 8.43. The Morgan fingerprint density at radius 1 is 0.469 bits per heavy atom. The van der Waals surface area contributed by atoms with Gasteiger partial charge < -0.3 is 4.57 Å². The average Bonchev–Trinajstić information content (AvgIpc) is 3.20. The molecule has 0 amide bonds. The lowest BCUT2D eigenvalue weighted by Gasteiger charge is -2.16. The van der Waals surface area contributed by atoms with Gasteiger partial charge in [0.2, 0.25) is 0 Å². The minimum absolute atomic E-state index is 1.22. The first-order valence-corrected chi connectivity index (χ1v) is 11.1. The summed E-state index contributed by atoms with van der Waals surface area (Å²) >= 11 is 0. The third kappa shape index (κ3) is 2.86. The molecule has 0 spiro atoms. The normalized spacial score (nSPS) is 11.3. The van der Waals surface area contributed by atoms with Crippen LogP contribution in [0.4, 0.5) is 0 Å². The highest BCUT2D eigenvalue weighted by atomic mass is 15.0. The molecular formula is C31H23N. The fourth-order valence-corrected chi connectivity index (χ4v) is 4.92. The van der Waals surface area contributed by atoms with E-state index in [0.29, 0.717) is 0 Å². The molecule has 6 aromatic rings. The van der Waals surface area contributed by atoms with Gasteiger partial charge in [-0.2, -0.15) is 0 Å². The van der Waals surface area contributed by atoms with Crippen LogP contribution in [0.1, 0.15) is 5.56 Å². The summed E-state index contributed by atoms with van der Waals surface area (Å²) in [6, 6.07) is 43.4. The van der Waals surface area contributed by atoms with Crippen LogP contribution in [0, 0.1) is 6.92 Å². The number of nitrogens with zero attached hydrogens (tertiary/aromatic N) is 1. The quantitative estimate of drug-likeness (QED) is 0.276. The summed E-state index contributed by atoms with van der Waals surface area (Å²) < 4.78 is 2.45. The molecule has 0 aliphatic carbocycles. The number of fused-ring (bicyclic) bond motifs is 3. The van der Waals surface area contributed by atoms with Crippen LogP contribution in [0.2, 0.25) is 0 Å². The van der Waals surface area contributed by atoms with Crippen molar-refractivity contribution in [2.75, 3.05) is 0 Å². The lowest BCUT2D eigenvalue weighted by atomic mass is 9.98. The summed E-state index contributed by atoms with van der Waals surface area (Å²) in [4.78, 5) is 0. The van der Waals surface area contributed by atoms with Gasteiger partial charge in [-0.3, -0.25) is 0 Å². The highest BCUT2D eigenvalue weighted by Crippen LogP contribution is 2.39. The molecule has 0 atom stereocenters. The van der Waals surface area contributed by atoms with Crippen LogP contribution < -0.4 is 0 Å². The molecule has 5 aromatic carbocycles. The molecule has 1 nitrogen and oxygen atoms in total. The molecule has 0 aliphatic heterocycles. The molecule has 6 rings (SSSR count). The van der Waals surface area contributed by atoms with Crippen molar-refractivity contribution >= 4 is 21.8 Å². The Morgan fingerprint density at radius 2 is 1.03 bits per heavy atom. The van der Waals surface area contributed by atoms with Gasteiger partial charge in [0.15, 0.2) is 0 Å². The minimum atomic E-state index is 1.22. The van der Waals surface area contributed by atoms with Crippen molar-refractivity contribution in [3.05, 3.63) is 127 Å². The highest BCUT2D eigenvalue weighted by molar-refractivity contribution is 6.13. The summed E-state index contributed by atoms with van der Waals surface area (Å²) in [6.45, 7) is 2.24. The molecular weight excluding hydrogens is 386 g/mol. The van der Waals surface area contributed by atoms with E-state index in [-0.39, 0.29) is 0 Å². The molecule has 0 radical (unpaired) electrons. The van der Waals surface area contributed by atoms with Crippen LogP contribution >= 0.6 is 0 Å². The second kappa shape index (κ2) is 7.55. The summed E-state index contributed by atoms with van der Waals surface area (Å²) in [5.74, 6) is 0. The Hall–Kier alpha value is -4.10. The monoisotopic (exact) mass is 409 g/mol. The first-order chi connectivity index (χ1) is 15.8. The number of aromatic nitrogens is 1. The fourth-order valence-electron chi connectivity index (χ4n) is 4.92. The highest BCUT2D eigenvalue weighted by Gasteiger charge is 2.18. The topological polar surface area (TPSA) is 4.93 Å². The Labute approximate surface area is 188 Å². The SMILES string of the molecule is Cc1c(-c2ccccc2)cccc1-n1c2ccccc2c2cccc(-c3ccccc3)c21. The molecule has 0 saturated carbocycles. The lowest BCUT2D eigenvalue weighted by Crippen LogP contribution is -1.99. The maximum absolute atomic E-state index is 2.45. The summed E-state index contributed by atoms with van der Waals surface area (Å²) in [7, 11) is 0. The van der Waals surface area contributed by atoms with E-state index >= 15 is 0 Å². The number of hydrogen-bond acceptors (Lipinski definition) is 0. The van der Waals surface area contributed by atoms with Crippen LogP contribution in [-0.4, -0.2) is 4.57 Å². The van der Waals surface area contributed by atoms with Crippen molar-refractivity contribution < 1.29 is 0 Å². The third-order valence-electron chi connectivity index (χ3n) is 6.41. The zero-order valence-corrected chi connectivity index (χ0v) is 18.0. The van der Waals surface area contributed by atoms with Gasteiger partial charge in [0.05, 0.1) is 11.0 Å². The molecule has 152 valence electrons. The molecule has 1 heteroatoms. The van der Waals surface area contributed by atoms with Crippen LogP contribution in [0.3, 0.4) is 0 Å². The largest absolute Gasteiger partial charge is 0.308 e. The Morgan fingerprint density at radius 3 is 1.78 bits per heavy atom. The zero-order valence-electron chi connectivity index (χ0n) is 18.0. The van der Waals surface area contributed by atoms with Crippen molar-refractivity contribution in [1.29, 1.82) is 0 Å². The Kier molecular flexibility index (Phi) is 4.40. The maximum Gasteiger partial charge on any atom is 0.0619 e. The standard InChI is InChI=1S/C31H23N/c1-22-25(23-12-4-2-5-13-23)17-11-21-29(22)32-30-20-9-8-16-27(30)28-19-10-18-26(31(28)32)24-14-6-3-7-15-24/h2-21H,1H3. The van der Waals surface area contributed by atoms with Gasteiger partial charge in [0.25, 0.3) is 0 Å². The molecule has 0 bridgehead atoms. The van der Waals surface area contributed by atoms with E-state index in [4.69, 9.17) is 0 Å². The molecule has 0 aliphatic rings. The molecule has 0 N–H and O–H groups in total. The molecule has 0 fully saturated rings. The van der Waals surface area contributed by atoms with E-state index in [0.717, 1.165) is 0 Å². The van der Waals surface area contributed by atoms with Gasteiger partial charge in [-0.1, -0.05) is 109 Å². The van der Waals surface area contributed by atoms with Crippen molar-refractivity contribution in [1.82, 2.24) is 4.57 Å². The van der Waals surface area contributed by atoms with Gasteiger partial charge in [-0.25, -0.2) is 0 Å². The molecule has 0 unspecified atom stereocenters. The summed E-state index contributed by atoms with van der Waals surface area (Å²) in [6.07, 6.45) is 0. The second-order valence-corrected chi connectivity index (χ2v) is 8.24. The minimum Gasteiger partial charge on any atom is -0.308 e. The Balaban J connectivity index is 1.74. The maximum atomic E-state index is 2.45. The van der Waals surface area contributed by atoms with Gasteiger partial charge in [-0.05, 0) is 41.3 Å². The molecule has 0 saturated heterocycles. The molecule has 1 aromatic heterocycles. The number of rotatable bonds is 3. The van der Waals surface area contributed by atoms with Gasteiger partial charge >= 0.3 is 0 Å². The average molecular weight is 410 g/mol. The Bertz CT molecular complexity index is 1560. The van der Waals surface area contributed by atoms with E-state index in [1.807, 2.05) is 0 Å². The molecule has 1 heterocycles. The van der Waals surface area contributed by atoms with Crippen LogP contribution in [0.15, 0.2) is 121 Å². The zero-order chi connectivity index (χ0) is 21.5. The van der Waals surface area contributed by atoms with Crippen molar-refractivity contribution in [3.63, 3.8) is 0 Å². The predicted molar refractivity (Wildman–Crippen MR) is 136 cm³/mol. The summed E-state index contributed by atoms with van der Waals surface area (Å²) in [5.41, 5.74) is 10.0. The van der Waals surface area contributed by atoms with E-state index < -0.39 is 0 Å². The van der Waals surface area contributed by atoms with E-state index in [1.165, 1.54) is 55.3 Å². The van der Waals surface area contributed by atoms with Crippen LogP contribution in [-0.2, 0) is 0 Å². The lowest BCUT2D eigenvalue weighted by molar-refractivity contribution is 1.15. The fraction of sp³-hybridized carbons (Fsp3) is 0.0323. The first-order valence-electron chi connectivity index (χ1n) is 11.1. The number of benzene rings is 5. The van der Waals surface area contributed by atoms with Crippen molar-refractivity contribution in [2.45, 2.75) is 6.92 Å². The van der Waals surface area contributed by atoms with Crippen molar-refractivity contribution in [2.24, 2.45) is 0 Å². The molecule has 32 heavy (non-hydrogen) atoms. The van der Waals surface area contributed by atoms with Gasteiger partial charge in [0.1, 0.15) is 0 Å². The van der Waals surface area contributed by atoms with Crippen LogP contribution in [0.25, 0.3) is 49.7 Å². The van der Waals surface area contributed by atoms with Gasteiger partial charge in [-0.15, -0.1) is 0 Å². The van der Waals surface area contributed by atoms with E-state index in [9.17, 15) is 0 Å². The number of para-hydroxylation sites is 2. The first kappa shape index (κ1) is 18.7. The second-order valence-electron chi connectivity index (χ2n) is 8.24. The smallest absolute Gasteiger partial charge is 0.0619 e.